The standard InChI is InChI=1S/C21H18BrNO2/c22-19-13-11-18(12-14-19)20(17-9-5-2-6-10-17)23-21(24)25-15-16-7-3-1-4-8-16/h1-14,20H,15H2,(H,23,24). The molecule has 1 amide bonds. The number of amides is 1. The van der Waals surface area contributed by atoms with Crippen LogP contribution in [0.15, 0.2) is 89.4 Å². The highest BCUT2D eigenvalue weighted by Gasteiger charge is 2.17. The fraction of sp³-hybridized carbons (Fsp3) is 0.0952. The molecule has 0 radical (unpaired) electrons. The van der Waals surface area contributed by atoms with Crippen LogP contribution in [0.3, 0.4) is 0 Å². The molecule has 0 aliphatic rings. The van der Waals surface area contributed by atoms with Gasteiger partial charge in [-0.25, -0.2) is 4.79 Å². The van der Waals surface area contributed by atoms with Gasteiger partial charge in [0, 0.05) is 4.47 Å². The Labute approximate surface area is 155 Å². The molecular formula is C21H18BrNO2. The Morgan fingerprint density at radius 1 is 0.840 bits per heavy atom. The zero-order chi connectivity index (χ0) is 17.5. The first-order valence-electron chi connectivity index (χ1n) is 8.00. The van der Waals surface area contributed by atoms with Crippen LogP contribution in [0.4, 0.5) is 4.79 Å². The fourth-order valence-corrected chi connectivity index (χ4v) is 2.81. The second kappa shape index (κ2) is 8.49. The summed E-state index contributed by atoms with van der Waals surface area (Å²) in [7, 11) is 0. The summed E-state index contributed by atoms with van der Waals surface area (Å²) in [4.78, 5) is 12.3. The molecule has 25 heavy (non-hydrogen) atoms. The first-order chi connectivity index (χ1) is 12.2. The molecule has 0 aliphatic heterocycles. The highest BCUT2D eigenvalue weighted by atomic mass is 79.9. The normalized spacial score (nSPS) is 11.6. The molecule has 0 heterocycles. The number of hydrogen-bond acceptors (Lipinski definition) is 2. The van der Waals surface area contributed by atoms with Crippen molar-refractivity contribution in [2.75, 3.05) is 0 Å². The maximum Gasteiger partial charge on any atom is 0.408 e. The molecule has 3 aromatic carbocycles. The summed E-state index contributed by atoms with van der Waals surface area (Å²) in [6.07, 6.45) is -0.444. The number of ether oxygens (including phenoxy) is 1. The third-order valence-corrected chi connectivity index (χ3v) is 4.34. The van der Waals surface area contributed by atoms with Gasteiger partial charge in [0.05, 0.1) is 6.04 Å². The SMILES string of the molecule is O=C(NC(c1ccccc1)c1ccc(Br)cc1)OCc1ccccc1. The predicted molar refractivity (Wildman–Crippen MR) is 102 cm³/mol. The Hall–Kier alpha value is -2.59. The van der Waals surface area contributed by atoms with Gasteiger partial charge in [0.2, 0.25) is 0 Å². The van der Waals surface area contributed by atoms with E-state index in [1.54, 1.807) is 0 Å². The van der Waals surface area contributed by atoms with Gasteiger partial charge < -0.3 is 10.1 Å². The second-order valence-corrected chi connectivity index (χ2v) is 6.52. The van der Waals surface area contributed by atoms with Gasteiger partial charge in [-0.05, 0) is 28.8 Å². The van der Waals surface area contributed by atoms with E-state index in [0.717, 1.165) is 21.2 Å². The molecule has 1 N–H and O–H groups in total. The lowest BCUT2D eigenvalue weighted by molar-refractivity contribution is 0.137. The van der Waals surface area contributed by atoms with E-state index in [4.69, 9.17) is 4.74 Å². The van der Waals surface area contributed by atoms with E-state index in [2.05, 4.69) is 21.2 Å². The van der Waals surface area contributed by atoms with Crippen molar-refractivity contribution >= 4 is 22.0 Å². The lowest BCUT2D eigenvalue weighted by Gasteiger charge is -2.20. The van der Waals surface area contributed by atoms with Crippen molar-refractivity contribution in [1.82, 2.24) is 5.32 Å². The molecule has 0 aliphatic carbocycles. The van der Waals surface area contributed by atoms with Crippen LogP contribution in [0, 0.1) is 0 Å². The maximum atomic E-state index is 12.3. The summed E-state index contributed by atoms with van der Waals surface area (Å²) >= 11 is 3.44. The van der Waals surface area contributed by atoms with Gasteiger partial charge in [-0.3, -0.25) is 0 Å². The largest absolute Gasteiger partial charge is 0.445 e. The van der Waals surface area contributed by atoms with Crippen LogP contribution in [0.25, 0.3) is 0 Å². The summed E-state index contributed by atoms with van der Waals surface area (Å²) < 4.78 is 6.36. The summed E-state index contributed by atoms with van der Waals surface area (Å²) in [6.45, 7) is 0.245. The Kier molecular flexibility index (Phi) is 5.86. The molecule has 3 nitrogen and oxygen atoms in total. The zero-order valence-corrected chi connectivity index (χ0v) is 15.1. The van der Waals surface area contributed by atoms with Gasteiger partial charge in [0.15, 0.2) is 0 Å². The molecule has 4 heteroatoms. The quantitative estimate of drug-likeness (QED) is 0.622. The van der Waals surface area contributed by atoms with Crippen LogP contribution in [0.2, 0.25) is 0 Å². The van der Waals surface area contributed by atoms with Crippen molar-refractivity contribution in [3.63, 3.8) is 0 Å². The predicted octanol–water partition coefficient (Wildman–Crippen LogP) is 5.46. The summed E-state index contributed by atoms with van der Waals surface area (Å²) in [5.41, 5.74) is 2.95. The van der Waals surface area contributed by atoms with Crippen molar-refractivity contribution in [1.29, 1.82) is 0 Å². The highest BCUT2D eigenvalue weighted by Crippen LogP contribution is 2.23. The average molecular weight is 396 g/mol. The third kappa shape index (κ3) is 4.94. The molecule has 0 aromatic heterocycles. The minimum atomic E-state index is -0.444. The Balaban J connectivity index is 1.73. The van der Waals surface area contributed by atoms with Crippen LogP contribution in [0.5, 0.6) is 0 Å². The number of hydrogen-bond donors (Lipinski definition) is 1. The number of alkyl carbamates (subject to hydrolysis) is 1. The lowest BCUT2D eigenvalue weighted by atomic mass is 9.99. The van der Waals surface area contributed by atoms with Crippen molar-refractivity contribution in [2.45, 2.75) is 12.6 Å². The average Bonchev–Trinajstić information content (AvgIpc) is 2.67. The first kappa shape index (κ1) is 17.2. The minimum absolute atomic E-state index is 0.245. The zero-order valence-electron chi connectivity index (χ0n) is 13.6. The molecule has 126 valence electrons. The molecule has 0 fully saturated rings. The number of halogens is 1. The summed E-state index contributed by atoms with van der Waals surface area (Å²) in [5, 5.41) is 2.96. The molecule has 0 spiro atoms. The maximum absolute atomic E-state index is 12.3. The van der Waals surface area contributed by atoms with E-state index in [-0.39, 0.29) is 12.6 Å². The Bertz CT molecular complexity index is 804. The van der Waals surface area contributed by atoms with Gasteiger partial charge in [0.25, 0.3) is 0 Å². The van der Waals surface area contributed by atoms with Crippen molar-refractivity contribution in [3.05, 3.63) is 106 Å². The van der Waals surface area contributed by atoms with Crippen molar-refractivity contribution < 1.29 is 9.53 Å². The molecule has 1 unspecified atom stereocenters. The van der Waals surface area contributed by atoms with Crippen LogP contribution < -0.4 is 5.32 Å². The molecule has 0 saturated heterocycles. The van der Waals surface area contributed by atoms with E-state index >= 15 is 0 Å². The van der Waals surface area contributed by atoms with E-state index in [0.29, 0.717) is 0 Å². The first-order valence-corrected chi connectivity index (χ1v) is 8.79. The molecule has 0 saturated carbocycles. The van der Waals surface area contributed by atoms with Gasteiger partial charge >= 0.3 is 6.09 Å². The molecule has 0 bridgehead atoms. The van der Waals surface area contributed by atoms with Gasteiger partial charge in [-0.2, -0.15) is 0 Å². The van der Waals surface area contributed by atoms with E-state index in [1.807, 2.05) is 84.9 Å². The van der Waals surface area contributed by atoms with E-state index in [1.165, 1.54) is 0 Å². The minimum Gasteiger partial charge on any atom is -0.445 e. The smallest absolute Gasteiger partial charge is 0.408 e. The van der Waals surface area contributed by atoms with Gasteiger partial charge in [0.1, 0.15) is 6.61 Å². The number of carbonyl (C=O) groups is 1. The van der Waals surface area contributed by atoms with Crippen LogP contribution in [-0.4, -0.2) is 6.09 Å². The van der Waals surface area contributed by atoms with Gasteiger partial charge in [-0.15, -0.1) is 0 Å². The Morgan fingerprint density at radius 3 is 2.04 bits per heavy atom. The second-order valence-electron chi connectivity index (χ2n) is 5.60. The van der Waals surface area contributed by atoms with Crippen LogP contribution >= 0.6 is 15.9 Å². The number of carbonyl (C=O) groups excluding carboxylic acids is 1. The van der Waals surface area contributed by atoms with Crippen LogP contribution in [-0.2, 0) is 11.3 Å². The topological polar surface area (TPSA) is 38.3 Å². The summed E-state index contributed by atoms with van der Waals surface area (Å²) in [6, 6.07) is 27.1. The summed E-state index contributed by atoms with van der Waals surface area (Å²) in [5.74, 6) is 0. The Morgan fingerprint density at radius 2 is 1.40 bits per heavy atom. The number of rotatable bonds is 5. The highest BCUT2D eigenvalue weighted by molar-refractivity contribution is 9.10. The van der Waals surface area contributed by atoms with Gasteiger partial charge in [-0.1, -0.05) is 88.7 Å². The van der Waals surface area contributed by atoms with E-state index in [9.17, 15) is 4.79 Å². The van der Waals surface area contributed by atoms with Crippen molar-refractivity contribution in [2.24, 2.45) is 0 Å². The molecule has 3 rings (SSSR count). The third-order valence-electron chi connectivity index (χ3n) is 3.81. The fourth-order valence-electron chi connectivity index (χ4n) is 2.54. The molecular weight excluding hydrogens is 378 g/mol. The molecule has 1 atom stereocenters. The number of nitrogens with one attached hydrogen (secondary N) is 1. The van der Waals surface area contributed by atoms with Crippen LogP contribution in [0.1, 0.15) is 22.7 Å². The number of benzene rings is 3. The monoisotopic (exact) mass is 395 g/mol. The lowest BCUT2D eigenvalue weighted by Crippen LogP contribution is -2.29. The van der Waals surface area contributed by atoms with Crippen molar-refractivity contribution in [3.8, 4) is 0 Å². The van der Waals surface area contributed by atoms with E-state index < -0.39 is 6.09 Å². The molecule has 3 aromatic rings.